The van der Waals surface area contributed by atoms with Crippen molar-refractivity contribution in [3.63, 3.8) is 0 Å². The van der Waals surface area contributed by atoms with Crippen LogP contribution in [0.5, 0.6) is 0 Å². The Balaban J connectivity index is 2.53. The average molecular weight is 251 g/mol. The van der Waals surface area contributed by atoms with E-state index in [1.165, 1.54) is 0 Å². The number of anilines is 1. The lowest BCUT2D eigenvalue weighted by Crippen LogP contribution is -2.28. The van der Waals surface area contributed by atoms with Crippen molar-refractivity contribution in [3.05, 3.63) is 23.4 Å². The van der Waals surface area contributed by atoms with E-state index in [1.54, 1.807) is 19.2 Å². The van der Waals surface area contributed by atoms with Gasteiger partial charge in [-0.15, -0.1) is 0 Å². The maximum atomic E-state index is 11.9. The molecule has 0 aliphatic carbocycles. The summed E-state index contributed by atoms with van der Waals surface area (Å²) < 4.78 is 5.36. The zero-order valence-corrected chi connectivity index (χ0v) is 11.4. The highest BCUT2D eigenvalue weighted by molar-refractivity contribution is 5.94. The number of ether oxygens (including phenoxy) is 1. The highest BCUT2D eigenvalue weighted by Gasteiger charge is 2.07. The van der Waals surface area contributed by atoms with E-state index >= 15 is 0 Å². The first-order valence-electron chi connectivity index (χ1n) is 6.09. The van der Waals surface area contributed by atoms with E-state index in [1.807, 2.05) is 20.8 Å². The molecule has 1 aromatic rings. The summed E-state index contributed by atoms with van der Waals surface area (Å²) in [6.07, 6.45) is 0.181. The number of carbonyl (C=O) groups is 1. The molecule has 1 rings (SSSR count). The Morgan fingerprint density at radius 1 is 1.44 bits per heavy atom. The van der Waals surface area contributed by atoms with Crippen molar-refractivity contribution in [2.24, 2.45) is 0 Å². The number of carbonyl (C=O) groups excluding carboxylic acids is 1. The largest absolute Gasteiger partial charge is 0.377 e. The molecule has 0 unspecified atom stereocenters. The van der Waals surface area contributed by atoms with Crippen LogP contribution >= 0.6 is 0 Å². The number of hydrogen-bond acceptors (Lipinski definition) is 4. The van der Waals surface area contributed by atoms with Gasteiger partial charge in [-0.1, -0.05) is 0 Å². The normalized spacial score (nSPS) is 10.5. The van der Waals surface area contributed by atoms with E-state index in [9.17, 15) is 4.79 Å². The van der Waals surface area contributed by atoms with Crippen LogP contribution in [-0.2, 0) is 4.74 Å². The molecule has 0 bridgehead atoms. The summed E-state index contributed by atoms with van der Waals surface area (Å²) in [5, 5.41) is 5.74. The summed E-state index contributed by atoms with van der Waals surface area (Å²) >= 11 is 0. The third-order valence-electron chi connectivity index (χ3n) is 2.31. The van der Waals surface area contributed by atoms with Crippen molar-refractivity contribution in [2.45, 2.75) is 26.9 Å². The second-order valence-corrected chi connectivity index (χ2v) is 4.31. The van der Waals surface area contributed by atoms with E-state index in [0.29, 0.717) is 24.5 Å². The van der Waals surface area contributed by atoms with Crippen LogP contribution in [0.15, 0.2) is 12.1 Å². The van der Waals surface area contributed by atoms with Gasteiger partial charge in [0, 0.05) is 24.8 Å². The lowest BCUT2D eigenvalue weighted by Gasteiger charge is -2.09. The smallest absolute Gasteiger partial charge is 0.251 e. The molecule has 0 saturated carbocycles. The van der Waals surface area contributed by atoms with Crippen LogP contribution in [0.4, 0.5) is 5.82 Å². The first-order chi connectivity index (χ1) is 8.52. The van der Waals surface area contributed by atoms with Crippen molar-refractivity contribution in [3.8, 4) is 0 Å². The van der Waals surface area contributed by atoms with E-state index in [4.69, 9.17) is 4.74 Å². The molecule has 0 radical (unpaired) electrons. The Kier molecular flexibility index (Phi) is 5.58. The molecule has 2 N–H and O–H groups in total. The Hall–Kier alpha value is -1.62. The molecule has 18 heavy (non-hydrogen) atoms. The van der Waals surface area contributed by atoms with Crippen LogP contribution in [0.1, 0.15) is 29.9 Å². The summed E-state index contributed by atoms with van der Waals surface area (Å²) in [5.41, 5.74) is 1.42. The first-order valence-corrected chi connectivity index (χ1v) is 6.09. The molecule has 1 amide bonds. The van der Waals surface area contributed by atoms with Crippen LogP contribution in [0.2, 0.25) is 0 Å². The highest BCUT2D eigenvalue weighted by Crippen LogP contribution is 2.09. The number of amides is 1. The topological polar surface area (TPSA) is 63.2 Å². The molecular formula is C13H21N3O2. The van der Waals surface area contributed by atoms with Gasteiger partial charge >= 0.3 is 0 Å². The van der Waals surface area contributed by atoms with E-state index in [0.717, 1.165) is 5.69 Å². The van der Waals surface area contributed by atoms with Crippen molar-refractivity contribution in [2.75, 3.05) is 25.5 Å². The van der Waals surface area contributed by atoms with Crippen molar-refractivity contribution in [1.82, 2.24) is 10.3 Å². The third-order valence-corrected chi connectivity index (χ3v) is 2.31. The van der Waals surface area contributed by atoms with Gasteiger partial charge in [-0.25, -0.2) is 4.98 Å². The van der Waals surface area contributed by atoms with E-state index in [-0.39, 0.29) is 12.0 Å². The van der Waals surface area contributed by atoms with Gasteiger partial charge in [0.05, 0.1) is 12.7 Å². The molecule has 5 heteroatoms. The fourth-order valence-corrected chi connectivity index (χ4v) is 1.49. The number of rotatable bonds is 6. The van der Waals surface area contributed by atoms with Crippen LogP contribution in [0, 0.1) is 6.92 Å². The van der Waals surface area contributed by atoms with Gasteiger partial charge in [-0.05, 0) is 32.9 Å². The summed E-state index contributed by atoms with van der Waals surface area (Å²) in [7, 11) is 1.78. The number of aromatic nitrogens is 1. The first kappa shape index (κ1) is 14.4. The minimum absolute atomic E-state index is 0.107. The standard InChI is InChI=1S/C13H21N3O2/c1-9(2)18-6-5-15-13(17)11-7-10(3)16-12(8-11)14-4/h7-9H,5-6H2,1-4H3,(H,14,16)(H,15,17). The quantitative estimate of drug-likeness (QED) is 0.754. The summed E-state index contributed by atoms with van der Waals surface area (Å²) in [4.78, 5) is 16.1. The van der Waals surface area contributed by atoms with E-state index < -0.39 is 0 Å². The fraction of sp³-hybridized carbons (Fsp3) is 0.538. The molecule has 0 atom stereocenters. The Morgan fingerprint density at radius 2 is 2.17 bits per heavy atom. The minimum Gasteiger partial charge on any atom is -0.377 e. The fourth-order valence-electron chi connectivity index (χ4n) is 1.49. The SMILES string of the molecule is CNc1cc(C(=O)NCCOC(C)C)cc(C)n1. The highest BCUT2D eigenvalue weighted by atomic mass is 16.5. The molecule has 0 saturated heterocycles. The van der Waals surface area contributed by atoms with Gasteiger partial charge in [0.25, 0.3) is 5.91 Å². The average Bonchev–Trinajstić information content (AvgIpc) is 2.33. The number of aryl methyl sites for hydroxylation is 1. The predicted molar refractivity (Wildman–Crippen MR) is 71.9 cm³/mol. The predicted octanol–water partition coefficient (Wildman–Crippen LogP) is 1.59. The second kappa shape index (κ2) is 6.96. The van der Waals surface area contributed by atoms with Gasteiger partial charge in [0.2, 0.25) is 0 Å². The van der Waals surface area contributed by atoms with Crippen molar-refractivity contribution >= 4 is 11.7 Å². The zero-order chi connectivity index (χ0) is 13.5. The Bertz CT molecular complexity index is 405. The molecule has 0 fully saturated rings. The van der Waals surface area contributed by atoms with Gasteiger partial charge in [-0.3, -0.25) is 4.79 Å². The molecule has 0 aliphatic heterocycles. The molecule has 100 valence electrons. The van der Waals surface area contributed by atoms with Crippen molar-refractivity contribution < 1.29 is 9.53 Å². The summed E-state index contributed by atoms with van der Waals surface area (Å²) in [6.45, 7) is 6.82. The molecule has 1 aromatic heterocycles. The van der Waals surface area contributed by atoms with Gasteiger partial charge < -0.3 is 15.4 Å². The Labute approximate surface area is 108 Å². The maximum absolute atomic E-state index is 11.9. The minimum atomic E-state index is -0.107. The summed E-state index contributed by atoms with van der Waals surface area (Å²) in [5.74, 6) is 0.586. The van der Waals surface area contributed by atoms with Crippen LogP contribution in [0.3, 0.4) is 0 Å². The number of pyridine rings is 1. The lowest BCUT2D eigenvalue weighted by molar-refractivity contribution is 0.0746. The molecule has 1 heterocycles. The molecule has 5 nitrogen and oxygen atoms in total. The number of nitrogens with one attached hydrogen (secondary N) is 2. The van der Waals surface area contributed by atoms with Crippen LogP contribution in [-0.4, -0.2) is 37.2 Å². The van der Waals surface area contributed by atoms with Gasteiger partial charge in [0.15, 0.2) is 0 Å². The third kappa shape index (κ3) is 4.71. The zero-order valence-electron chi connectivity index (χ0n) is 11.4. The maximum Gasteiger partial charge on any atom is 0.251 e. The summed E-state index contributed by atoms with van der Waals surface area (Å²) in [6, 6.07) is 3.49. The van der Waals surface area contributed by atoms with E-state index in [2.05, 4.69) is 15.6 Å². The van der Waals surface area contributed by atoms with Crippen LogP contribution in [0.25, 0.3) is 0 Å². The monoisotopic (exact) mass is 251 g/mol. The lowest BCUT2D eigenvalue weighted by atomic mass is 10.2. The van der Waals surface area contributed by atoms with Gasteiger partial charge in [-0.2, -0.15) is 0 Å². The molecular weight excluding hydrogens is 230 g/mol. The van der Waals surface area contributed by atoms with Gasteiger partial charge in [0.1, 0.15) is 5.82 Å². The number of nitrogens with zero attached hydrogens (tertiary/aromatic N) is 1. The van der Waals surface area contributed by atoms with Crippen molar-refractivity contribution in [1.29, 1.82) is 0 Å². The van der Waals surface area contributed by atoms with Crippen LogP contribution < -0.4 is 10.6 Å². The number of hydrogen-bond donors (Lipinski definition) is 2. The molecule has 0 aliphatic rings. The second-order valence-electron chi connectivity index (χ2n) is 4.31. The molecule has 0 aromatic carbocycles. The molecule has 0 spiro atoms. The Morgan fingerprint density at radius 3 is 2.78 bits per heavy atom.